The van der Waals surface area contributed by atoms with Gasteiger partial charge in [-0.2, -0.15) is 0 Å². The first-order chi connectivity index (χ1) is 13.7. The van der Waals surface area contributed by atoms with Gasteiger partial charge in [-0.05, 0) is 37.0 Å². The van der Waals surface area contributed by atoms with Crippen molar-refractivity contribution in [2.24, 2.45) is 5.92 Å². The molecule has 1 fully saturated rings. The highest BCUT2D eigenvalue weighted by molar-refractivity contribution is 7.17. The predicted octanol–water partition coefficient (Wildman–Crippen LogP) is 5.61. The molecule has 0 radical (unpaired) electrons. The van der Waals surface area contributed by atoms with E-state index in [0.29, 0.717) is 16.1 Å². The maximum absolute atomic E-state index is 12.9. The van der Waals surface area contributed by atoms with Crippen LogP contribution in [0.1, 0.15) is 43.0 Å². The molecule has 3 aromatic rings. The SMILES string of the molecule is CCCC1CCN(c2ccc(Cl)cc2NC(=O)c2csc3cncnc23)CC1. The molecule has 5 nitrogen and oxygen atoms in total. The summed E-state index contributed by atoms with van der Waals surface area (Å²) in [4.78, 5) is 23.6. The van der Waals surface area contributed by atoms with Gasteiger partial charge in [0.2, 0.25) is 0 Å². The summed E-state index contributed by atoms with van der Waals surface area (Å²) in [5.41, 5.74) is 3.03. The monoisotopic (exact) mass is 414 g/mol. The van der Waals surface area contributed by atoms with Gasteiger partial charge in [0, 0.05) is 29.7 Å². The molecule has 0 aliphatic carbocycles. The third-order valence-corrected chi connectivity index (χ3v) is 6.48. The van der Waals surface area contributed by atoms with Gasteiger partial charge in [-0.25, -0.2) is 9.97 Å². The molecule has 0 bridgehead atoms. The maximum Gasteiger partial charge on any atom is 0.258 e. The minimum absolute atomic E-state index is 0.172. The molecule has 1 aliphatic rings. The minimum atomic E-state index is -0.172. The van der Waals surface area contributed by atoms with Gasteiger partial charge in [0.05, 0.1) is 27.2 Å². The van der Waals surface area contributed by atoms with E-state index in [1.165, 1.54) is 43.3 Å². The van der Waals surface area contributed by atoms with Crippen LogP contribution in [-0.2, 0) is 0 Å². The lowest BCUT2D eigenvalue weighted by Gasteiger charge is -2.34. The molecule has 0 atom stereocenters. The summed E-state index contributed by atoms with van der Waals surface area (Å²) in [6.45, 7) is 4.26. The standard InChI is InChI=1S/C21H23ClN4OS/c1-2-3-14-6-8-26(9-7-14)18-5-4-15(22)10-17(18)25-21(27)16-12-28-19-11-23-13-24-20(16)19/h4-5,10-14H,2-3,6-9H2,1H3,(H,25,27). The highest BCUT2D eigenvalue weighted by Gasteiger charge is 2.22. The summed E-state index contributed by atoms with van der Waals surface area (Å²) in [5, 5.41) is 5.50. The molecule has 4 rings (SSSR count). The average Bonchev–Trinajstić information content (AvgIpc) is 3.13. The molecule has 0 saturated carbocycles. The second-order valence-electron chi connectivity index (χ2n) is 7.22. The van der Waals surface area contributed by atoms with E-state index in [0.717, 1.165) is 35.1 Å². The number of amides is 1. The lowest BCUT2D eigenvalue weighted by Crippen LogP contribution is -2.34. The van der Waals surface area contributed by atoms with E-state index in [2.05, 4.69) is 27.1 Å². The largest absolute Gasteiger partial charge is 0.370 e. The molecule has 0 unspecified atom stereocenters. The number of fused-ring (bicyclic) bond motifs is 1. The number of benzene rings is 1. The number of anilines is 2. The molecular formula is C21H23ClN4OS. The van der Waals surface area contributed by atoms with Gasteiger partial charge < -0.3 is 10.2 Å². The third kappa shape index (κ3) is 3.98. The lowest BCUT2D eigenvalue weighted by molar-refractivity contribution is 0.102. The van der Waals surface area contributed by atoms with Gasteiger partial charge in [-0.15, -0.1) is 11.3 Å². The molecule has 3 heterocycles. The van der Waals surface area contributed by atoms with Crippen molar-refractivity contribution in [3.63, 3.8) is 0 Å². The summed E-state index contributed by atoms with van der Waals surface area (Å²) < 4.78 is 0.900. The van der Waals surface area contributed by atoms with Crippen molar-refractivity contribution in [3.8, 4) is 0 Å². The molecular weight excluding hydrogens is 392 g/mol. The number of piperidine rings is 1. The summed E-state index contributed by atoms with van der Waals surface area (Å²) >= 11 is 7.71. The molecule has 1 aromatic carbocycles. The van der Waals surface area contributed by atoms with Crippen molar-refractivity contribution in [1.29, 1.82) is 0 Å². The van der Waals surface area contributed by atoms with E-state index in [9.17, 15) is 4.79 Å². The van der Waals surface area contributed by atoms with Gasteiger partial charge in [0.1, 0.15) is 6.33 Å². The Morgan fingerprint density at radius 1 is 1.36 bits per heavy atom. The van der Waals surface area contributed by atoms with Crippen molar-refractivity contribution in [3.05, 3.63) is 46.7 Å². The van der Waals surface area contributed by atoms with Crippen LogP contribution in [0.2, 0.25) is 5.02 Å². The second kappa shape index (κ2) is 8.45. The van der Waals surface area contributed by atoms with E-state index in [4.69, 9.17) is 11.6 Å². The Morgan fingerprint density at radius 3 is 2.96 bits per heavy atom. The number of halogens is 1. The Kier molecular flexibility index (Phi) is 5.78. The summed E-state index contributed by atoms with van der Waals surface area (Å²) in [6, 6.07) is 5.72. The first-order valence-corrected chi connectivity index (χ1v) is 10.9. The summed E-state index contributed by atoms with van der Waals surface area (Å²) in [7, 11) is 0. The zero-order valence-corrected chi connectivity index (χ0v) is 17.4. The number of aromatic nitrogens is 2. The van der Waals surface area contributed by atoms with Crippen LogP contribution in [0.15, 0.2) is 36.1 Å². The minimum Gasteiger partial charge on any atom is -0.370 e. The normalized spacial score (nSPS) is 15.1. The number of thiophene rings is 1. The fourth-order valence-electron chi connectivity index (χ4n) is 3.89. The molecule has 0 spiro atoms. The summed E-state index contributed by atoms with van der Waals surface area (Å²) in [5.74, 6) is 0.637. The number of hydrogen-bond acceptors (Lipinski definition) is 5. The number of carbonyl (C=O) groups excluding carboxylic acids is 1. The van der Waals surface area contributed by atoms with Gasteiger partial charge in [-0.3, -0.25) is 4.79 Å². The average molecular weight is 415 g/mol. The number of nitrogens with one attached hydrogen (secondary N) is 1. The number of rotatable bonds is 5. The van der Waals surface area contributed by atoms with Crippen LogP contribution in [0.25, 0.3) is 10.2 Å². The van der Waals surface area contributed by atoms with Crippen molar-refractivity contribution in [2.75, 3.05) is 23.3 Å². The second-order valence-corrected chi connectivity index (χ2v) is 8.57. The molecule has 7 heteroatoms. The Bertz CT molecular complexity index is 981. The van der Waals surface area contributed by atoms with Crippen LogP contribution in [0, 0.1) is 5.92 Å². The van der Waals surface area contributed by atoms with Gasteiger partial charge in [-0.1, -0.05) is 31.4 Å². The zero-order chi connectivity index (χ0) is 19.5. The quantitative estimate of drug-likeness (QED) is 0.589. The predicted molar refractivity (Wildman–Crippen MR) is 117 cm³/mol. The lowest BCUT2D eigenvalue weighted by atomic mass is 9.92. The molecule has 1 amide bonds. The van der Waals surface area contributed by atoms with E-state index in [1.807, 2.05) is 23.6 Å². The maximum atomic E-state index is 12.9. The fourth-order valence-corrected chi connectivity index (χ4v) is 4.92. The van der Waals surface area contributed by atoms with Crippen LogP contribution in [-0.4, -0.2) is 29.0 Å². The number of nitrogens with zero attached hydrogens (tertiary/aromatic N) is 3. The van der Waals surface area contributed by atoms with Gasteiger partial charge >= 0.3 is 0 Å². The molecule has 28 heavy (non-hydrogen) atoms. The van der Waals surface area contributed by atoms with Crippen LogP contribution in [0.3, 0.4) is 0 Å². The topological polar surface area (TPSA) is 58.1 Å². The van der Waals surface area contributed by atoms with Gasteiger partial charge in [0.25, 0.3) is 5.91 Å². The number of carbonyl (C=O) groups is 1. The van der Waals surface area contributed by atoms with Crippen LogP contribution < -0.4 is 10.2 Å². The molecule has 1 saturated heterocycles. The Labute approximate surface area is 173 Å². The highest BCUT2D eigenvalue weighted by atomic mass is 35.5. The summed E-state index contributed by atoms with van der Waals surface area (Å²) in [6.07, 6.45) is 8.12. The first kappa shape index (κ1) is 19.2. The van der Waals surface area contributed by atoms with Crippen molar-refractivity contribution >= 4 is 50.4 Å². The van der Waals surface area contributed by atoms with E-state index in [1.54, 1.807) is 6.20 Å². The molecule has 2 aromatic heterocycles. The van der Waals surface area contributed by atoms with Crippen molar-refractivity contribution in [2.45, 2.75) is 32.6 Å². The highest BCUT2D eigenvalue weighted by Crippen LogP contribution is 2.34. The van der Waals surface area contributed by atoms with Crippen molar-refractivity contribution in [1.82, 2.24) is 9.97 Å². The van der Waals surface area contributed by atoms with E-state index < -0.39 is 0 Å². The van der Waals surface area contributed by atoms with Crippen LogP contribution in [0.5, 0.6) is 0 Å². The van der Waals surface area contributed by atoms with Gasteiger partial charge in [0.15, 0.2) is 0 Å². The molecule has 1 N–H and O–H groups in total. The molecule has 1 aliphatic heterocycles. The first-order valence-electron chi connectivity index (χ1n) is 9.68. The number of hydrogen-bond donors (Lipinski definition) is 1. The Balaban J connectivity index is 1.56. The van der Waals surface area contributed by atoms with Crippen molar-refractivity contribution < 1.29 is 4.79 Å². The van der Waals surface area contributed by atoms with E-state index >= 15 is 0 Å². The Morgan fingerprint density at radius 2 is 2.18 bits per heavy atom. The van der Waals surface area contributed by atoms with Crippen LogP contribution >= 0.6 is 22.9 Å². The Hall–Kier alpha value is -2.18. The van der Waals surface area contributed by atoms with E-state index in [-0.39, 0.29) is 5.91 Å². The fraction of sp³-hybridized carbons (Fsp3) is 0.381. The molecule has 146 valence electrons. The zero-order valence-electron chi connectivity index (χ0n) is 15.8. The smallest absolute Gasteiger partial charge is 0.258 e. The van der Waals surface area contributed by atoms with Crippen LogP contribution in [0.4, 0.5) is 11.4 Å². The third-order valence-electron chi connectivity index (χ3n) is 5.34.